The monoisotopic (exact) mass is 160 g/mol. The van der Waals surface area contributed by atoms with Crippen molar-refractivity contribution in [2.45, 2.75) is 53.8 Å². The third-order valence-corrected chi connectivity index (χ3v) is 1.58. The summed E-state index contributed by atoms with van der Waals surface area (Å²) in [6.07, 6.45) is 2.29. The fourth-order valence-electron chi connectivity index (χ4n) is 1.00. The number of ketones is 1. The van der Waals surface area contributed by atoms with Gasteiger partial charge < -0.3 is 4.74 Å². The van der Waals surface area contributed by atoms with Gasteiger partial charge in [-0.2, -0.15) is 0 Å². The lowest BCUT2D eigenvalue weighted by atomic mass is 10.2. The second kappa shape index (κ2) is 5.30. The maximum Gasteiger partial charge on any atom is 0.132 e. The molecule has 2 atom stereocenters. The molecular weight excluding hydrogens is 140 g/mol. The van der Waals surface area contributed by atoms with Crippen LogP contribution in [0.2, 0.25) is 0 Å². The third kappa shape index (κ3) is 4.14. The molecule has 1 saturated heterocycles. The summed E-state index contributed by atoms with van der Waals surface area (Å²) >= 11 is 0. The molecule has 68 valence electrons. The second-order valence-electron chi connectivity index (χ2n) is 2.53. The van der Waals surface area contributed by atoms with Crippen LogP contribution in [-0.2, 0) is 9.53 Å². The van der Waals surface area contributed by atoms with E-state index >= 15 is 0 Å². The molecule has 0 aromatic rings. The highest BCUT2D eigenvalue weighted by atomic mass is 16.6. The number of ether oxygens (including phenoxy) is 1. The fraction of sp³-hybridized carbons (Fsp3) is 0.889. The molecule has 1 aliphatic heterocycles. The number of epoxide rings is 1. The predicted molar refractivity (Wildman–Crippen MR) is 47.7 cm³/mol. The van der Waals surface area contributed by atoms with Crippen molar-refractivity contribution in [3.05, 3.63) is 0 Å². The van der Waals surface area contributed by atoms with Gasteiger partial charge in [-0.15, -0.1) is 0 Å². The molecule has 2 unspecified atom stereocenters. The Bertz CT molecular complexity index is 121. The zero-order valence-corrected chi connectivity index (χ0v) is 5.89. The zero-order valence-electron chi connectivity index (χ0n) is 5.89. The lowest BCUT2D eigenvalue weighted by molar-refractivity contribution is -0.117. The van der Waals surface area contributed by atoms with E-state index in [0.717, 1.165) is 6.42 Å². The summed E-state index contributed by atoms with van der Waals surface area (Å²) in [6.45, 7) is 3.68. The zero-order chi connectivity index (χ0) is 6.85. The Labute approximate surface area is 69.9 Å². The van der Waals surface area contributed by atoms with E-state index in [-0.39, 0.29) is 26.7 Å². The SMILES string of the molecule is C.C.CCC1OC1CC(C)=O. The van der Waals surface area contributed by atoms with Crippen molar-refractivity contribution in [3.8, 4) is 0 Å². The fourth-order valence-corrected chi connectivity index (χ4v) is 1.00. The Hall–Kier alpha value is -0.370. The lowest BCUT2D eigenvalue weighted by Gasteiger charge is -1.84. The quantitative estimate of drug-likeness (QED) is 0.593. The van der Waals surface area contributed by atoms with Crippen LogP contribution in [0.5, 0.6) is 0 Å². The van der Waals surface area contributed by atoms with Crippen LogP contribution in [0.1, 0.15) is 41.5 Å². The molecule has 0 radical (unpaired) electrons. The van der Waals surface area contributed by atoms with Gasteiger partial charge in [0.15, 0.2) is 0 Å². The summed E-state index contributed by atoms with van der Waals surface area (Å²) in [4.78, 5) is 10.5. The minimum atomic E-state index is 0. The lowest BCUT2D eigenvalue weighted by Crippen LogP contribution is -1.99. The summed E-state index contributed by atoms with van der Waals surface area (Å²) in [5.41, 5.74) is 0. The van der Waals surface area contributed by atoms with Gasteiger partial charge in [0.1, 0.15) is 5.78 Å². The van der Waals surface area contributed by atoms with Crippen LogP contribution >= 0.6 is 0 Å². The van der Waals surface area contributed by atoms with Crippen molar-refractivity contribution in [1.29, 1.82) is 0 Å². The number of hydrogen-bond donors (Lipinski definition) is 0. The van der Waals surface area contributed by atoms with Crippen molar-refractivity contribution in [1.82, 2.24) is 0 Å². The largest absolute Gasteiger partial charge is 0.369 e. The van der Waals surface area contributed by atoms with E-state index in [1.165, 1.54) is 0 Å². The third-order valence-electron chi connectivity index (χ3n) is 1.58. The number of Topliss-reactive ketones (excluding diaryl/α,β-unsaturated/α-hetero) is 1. The number of rotatable bonds is 3. The van der Waals surface area contributed by atoms with Crippen molar-refractivity contribution < 1.29 is 9.53 Å². The molecular formula is C9H20O2. The van der Waals surface area contributed by atoms with Gasteiger partial charge in [0.25, 0.3) is 0 Å². The maximum atomic E-state index is 10.5. The van der Waals surface area contributed by atoms with Gasteiger partial charge in [0.05, 0.1) is 12.2 Å². The molecule has 2 nitrogen and oxygen atoms in total. The minimum absolute atomic E-state index is 0. The first-order valence-electron chi connectivity index (χ1n) is 3.39. The summed E-state index contributed by atoms with van der Waals surface area (Å²) in [5.74, 6) is 0.232. The van der Waals surface area contributed by atoms with E-state index in [1.807, 2.05) is 0 Å². The Balaban J connectivity index is 0. The molecule has 0 spiro atoms. The van der Waals surface area contributed by atoms with E-state index < -0.39 is 0 Å². The van der Waals surface area contributed by atoms with Crippen molar-refractivity contribution in [2.24, 2.45) is 0 Å². The maximum absolute atomic E-state index is 10.5. The van der Waals surface area contributed by atoms with E-state index in [0.29, 0.717) is 12.5 Å². The van der Waals surface area contributed by atoms with Gasteiger partial charge in [-0.1, -0.05) is 21.8 Å². The van der Waals surface area contributed by atoms with Gasteiger partial charge in [0.2, 0.25) is 0 Å². The first-order chi connectivity index (χ1) is 4.24. The Kier molecular flexibility index (Phi) is 6.38. The molecule has 1 heterocycles. The smallest absolute Gasteiger partial charge is 0.132 e. The van der Waals surface area contributed by atoms with Gasteiger partial charge in [-0.3, -0.25) is 4.79 Å². The summed E-state index contributed by atoms with van der Waals surface area (Å²) in [7, 11) is 0. The molecule has 11 heavy (non-hydrogen) atoms. The van der Waals surface area contributed by atoms with E-state index in [4.69, 9.17) is 4.74 Å². The molecule has 2 heteroatoms. The number of hydrogen-bond acceptors (Lipinski definition) is 2. The molecule has 0 amide bonds. The topological polar surface area (TPSA) is 29.6 Å². The van der Waals surface area contributed by atoms with Crippen LogP contribution < -0.4 is 0 Å². The standard InChI is InChI=1S/C7H12O2.2CH4/c1-3-6-7(9-6)4-5(2)8;;/h6-7H,3-4H2,1-2H3;2*1H4. The summed E-state index contributed by atoms with van der Waals surface area (Å²) in [6, 6.07) is 0. The Morgan fingerprint density at radius 3 is 2.18 bits per heavy atom. The van der Waals surface area contributed by atoms with Gasteiger partial charge in [-0.25, -0.2) is 0 Å². The number of carbonyl (C=O) groups excluding carboxylic acids is 1. The molecule has 0 aliphatic carbocycles. The predicted octanol–water partition coefficient (Wildman–Crippen LogP) is 2.42. The van der Waals surface area contributed by atoms with Crippen molar-refractivity contribution in [3.63, 3.8) is 0 Å². The molecule has 0 saturated carbocycles. The van der Waals surface area contributed by atoms with Crippen LogP contribution in [0.3, 0.4) is 0 Å². The highest BCUT2D eigenvalue weighted by Crippen LogP contribution is 2.27. The van der Waals surface area contributed by atoms with Gasteiger partial charge in [0, 0.05) is 6.42 Å². The highest BCUT2D eigenvalue weighted by molar-refractivity contribution is 5.76. The minimum Gasteiger partial charge on any atom is -0.369 e. The molecule has 0 bridgehead atoms. The van der Waals surface area contributed by atoms with Crippen molar-refractivity contribution in [2.75, 3.05) is 0 Å². The normalized spacial score (nSPS) is 26.4. The number of carbonyl (C=O) groups is 1. The molecule has 1 aliphatic rings. The van der Waals surface area contributed by atoms with Gasteiger partial charge in [-0.05, 0) is 13.3 Å². The summed E-state index contributed by atoms with van der Waals surface area (Å²) in [5, 5.41) is 0. The van der Waals surface area contributed by atoms with E-state index in [2.05, 4.69) is 6.92 Å². The van der Waals surface area contributed by atoms with Crippen LogP contribution in [-0.4, -0.2) is 18.0 Å². The molecule has 0 aromatic heterocycles. The van der Waals surface area contributed by atoms with Crippen LogP contribution in [0.15, 0.2) is 0 Å². The van der Waals surface area contributed by atoms with Crippen LogP contribution in [0, 0.1) is 0 Å². The van der Waals surface area contributed by atoms with Gasteiger partial charge >= 0.3 is 0 Å². The average Bonchev–Trinajstić information content (AvgIpc) is 2.45. The molecule has 0 N–H and O–H groups in total. The summed E-state index contributed by atoms with van der Waals surface area (Å²) < 4.78 is 5.16. The van der Waals surface area contributed by atoms with E-state index in [1.54, 1.807) is 6.92 Å². The Morgan fingerprint density at radius 2 is 1.91 bits per heavy atom. The molecule has 1 fully saturated rings. The van der Waals surface area contributed by atoms with Crippen LogP contribution in [0.4, 0.5) is 0 Å². The first kappa shape index (κ1) is 13.2. The molecule has 0 aromatic carbocycles. The highest BCUT2D eigenvalue weighted by Gasteiger charge is 2.37. The first-order valence-corrected chi connectivity index (χ1v) is 3.39. The molecule has 1 rings (SSSR count). The Morgan fingerprint density at radius 1 is 1.36 bits per heavy atom. The average molecular weight is 160 g/mol. The van der Waals surface area contributed by atoms with E-state index in [9.17, 15) is 4.79 Å². The second-order valence-corrected chi connectivity index (χ2v) is 2.53. The van der Waals surface area contributed by atoms with Crippen molar-refractivity contribution >= 4 is 5.78 Å². The van der Waals surface area contributed by atoms with Crippen LogP contribution in [0.25, 0.3) is 0 Å².